The first-order valence-corrected chi connectivity index (χ1v) is 10.6. The van der Waals surface area contributed by atoms with Gasteiger partial charge in [0, 0.05) is 10.9 Å². The van der Waals surface area contributed by atoms with Gasteiger partial charge in [-0.2, -0.15) is 9.50 Å². The molecular weight excluding hydrogens is 398 g/mol. The average Bonchev–Trinajstić information content (AvgIpc) is 3.41. The van der Waals surface area contributed by atoms with Gasteiger partial charge in [0.25, 0.3) is 5.56 Å². The normalized spacial score (nSPS) is 12.3. The number of rotatable bonds is 5. The molecule has 0 fully saturated rings. The Bertz CT molecular complexity index is 1460. The third-order valence-corrected chi connectivity index (χ3v) is 5.84. The van der Waals surface area contributed by atoms with Crippen LogP contribution in [0.1, 0.15) is 24.5 Å². The van der Waals surface area contributed by atoms with E-state index in [0.29, 0.717) is 27.7 Å². The zero-order valence-electron chi connectivity index (χ0n) is 16.6. The van der Waals surface area contributed by atoms with Crippen LogP contribution in [0.3, 0.4) is 0 Å². The van der Waals surface area contributed by atoms with Crippen molar-refractivity contribution in [3.63, 3.8) is 0 Å². The smallest absolute Gasteiger partial charge is 0.291 e. The van der Waals surface area contributed by atoms with E-state index in [1.165, 1.54) is 15.9 Å². The fourth-order valence-corrected chi connectivity index (χ4v) is 4.26. The number of thiazole rings is 1. The van der Waals surface area contributed by atoms with Crippen molar-refractivity contribution in [2.45, 2.75) is 20.3 Å². The maximum atomic E-state index is 12.8. The second-order valence-electron chi connectivity index (χ2n) is 7.02. The van der Waals surface area contributed by atoms with Gasteiger partial charge < -0.3 is 9.15 Å². The highest BCUT2D eigenvalue weighted by Gasteiger charge is 2.18. The minimum Gasteiger partial charge on any atom is -0.494 e. The van der Waals surface area contributed by atoms with Crippen molar-refractivity contribution >= 4 is 33.3 Å². The summed E-state index contributed by atoms with van der Waals surface area (Å²) in [5.74, 6) is 1.85. The van der Waals surface area contributed by atoms with E-state index in [-0.39, 0.29) is 5.56 Å². The number of para-hydroxylation sites is 1. The molecule has 0 radical (unpaired) electrons. The first-order chi connectivity index (χ1) is 14.6. The van der Waals surface area contributed by atoms with Crippen molar-refractivity contribution in [1.29, 1.82) is 0 Å². The lowest BCUT2D eigenvalue weighted by molar-refractivity contribution is 0.317. The zero-order chi connectivity index (χ0) is 20.7. The minimum absolute atomic E-state index is 0.186. The van der Waals surface area contributed by atoms with Gasteiger partial charge in [-0.15, -0.1) is 5.10 Å². The number of aromatic nitrogens is 3. The fourth-order valence-electron chi connectivity index (χ4n) is 3.35. The van der Waals surface area contributed by atoms with Crippen molar-refractivity contribution in [3.8, 4) is 17.3 Å². The fraction of sp³-hybridized carbons (Fsp3) is 0.174. The summed E-state index contributed by atoms with van der Waals surface area (Å²) in [4.78, 5) is 17.9. The number of hydrogen-bond donors (Lipinski definition) is 0. The van der Waals surface area contributed by atoms with Crippen LogP contribution in [0.25, 0.3) is 33.6 Å². The van der Waals surface area contributed by atoms with Crippen LogP contribution in [-0.2, 0) is 0 Å². The molecule has 0 spiro atoms. The number of aryl methyl sites for hydroxylation is 1. The van der Waals surface area contributed by atoms with E-state index in [0.717, 1.165) is 34.3 Å². The highest BCUT2D eigenvalue weighted by Crippen LogP contribution is 2.31. The Hall–Kier alpha value is -3.45. The van der Waals surface area contributed by atoms with E-state index in [1.54, 1.807) is 0 Å². The van der Waals surface area contributed by atoms with E-state index in [1.807, 2.05) is 61.5 Å². The van der Waals surface area contributed by atoms with Gasteiger partial charge in [0.05, 0.1) is 11.1 Å². The van der Waals surface area contributed by atoms with Crippen molar-refractivity contribution in [3.05, 3.63) is 74.5 Å². The number of hydrogen-bond acceptors (Lipinski definition) is 6. The maximum Gasteiger partial charge on any atom is 0.291 e. The van der Waals surface area contributed by atoms with E-state index in [9.17, 15) is 4.79 Å². The largest absolute Gasteiger partial charge is 0.494 e. The van der Waals surface area contributed by atoms with E-state index in [4.69, 9.17) is 9.15 Å². The Morgan fingerprint density at radius 3 is 2.70 bits per heavy atom. The Morgan fingerprint density at radius 1 is 1.17 bits per heavy atom. The summed E-state index contributed by atoms with van der Waals surface area (Å²) in [5.41, 5.74) is 2.49. The molecule has 0 amide bonds. The Morgan fingerprint density at radius 2 is 1.97 bits per heavy atom. The number of nitrogens with zero attached hydrogens (tertiary/aromatic N) is 3. The first kappa shape index (κ1) is 18.6. The number of benzene rings is 2. The van der Waals surface area contributed by atoms with Gasteiger partial charge >= 0.3 is 0 Å². The molecule has 150 valence electrons. The Balaban J connectivity index is 1.51. The maximum absolute atomic E-state index is 12.8. The highest BCUT2D eigenvalue weighted by molar-refractivity contribution is 7.15. The van der Waals surface area contributed by atoms with E-state index in [2.05, 4.69) is 17.0 Å². The van der Waals surface area contributed by atoms with Crippen LogP contribution in [-0.4, -0.2) is 21.2 Å². The van der Waals surface area contributed by atoms with Gasteiger partial charge in [0.2, 0.25) is 10.8 Å². The molecular formula is C23H19N3O3S. The summed E-state index contributed by atoms with van der Waals surface area (Å²) in [6.45, 7) is 4.73. The molecule has 0 bridgehead atoms. The molecule has 5 rings (SSSR count). The Kier molecular flexibility index (Phi) is 4.59. The van der Waals surface area contributed by atoms with Crippen LogP contribution in [0, 0.1) is 6.92 Å². The lowest BCUT2D eigenvalue weighted by Gasteiger charge is -2.03. The predicted octanol–water partition coefficient (Wildman–Crippen LogP) is 4.21. The second kappa shape index (κ2) is 7.42. The minimum atomic E-state index is -0.186. The standard InChI is InChI=1S/C23H19N3O3S/c1-3-12-28-16-10-8-15(9-11-16)13-19-22(27)26-23(30-19)24-21(25-26)20-14(2)17-6-4-5-7-18(17)29-20/h4-11,13H,3,12H2,1-2H3. The van der Waals surface area contributed by atoms with Crippen LogP contribution in [0.2, 0.25) is 0 Å². The van der Waals surface area contributed by atoms with Gasteiger partial charge in [-0.25, -0.2) is 0 Å². The molecule has 0 aliphatic rings. The number of ether oxygens (including phenoxy) is 1. The molecule has 0 aliphatic carbocycles. The van der Waals surface area contributed by atoms with Crippen molar-refractivity contribution in [2.24, 2.45) is 0 Å². The van der Waals surface area contributed by atoms with Gasteiger partial charge in [-0.3, -0.25) is 4.79 Å². The third kappa shape index (κ3) is 3.17. The average molecular weight is 417 g/mol. The van der Waals surface area contributed by atoms with E-state index >= 15 is 0 Å². The number of fused-ring (bicyclic) bond motifs is 2. The van der Waals surface area contributed by atoms with Crippen molar-refractivity contribution < 1.29 is 9.15 Å². The summed E-state index contributed by atoms with van der Waals surface area (Å²) in [6.07, 6.45) is 2.81. The molecule has 0 unspecified atom stereocenters. The predicted molar refractivity (Wildman–Crippen MR) is 118 cm³/mol. The highest BCUT2D eigenvalue weighted by atomic mass is 32.1. The first-order valence-electron chi connectivity index (χ1n) is 9.76. The monoisotopic (exact) mass is 417 g/mol. The molecule has 0 saturated heterocycles. The zero-order valence-corrected chi connectivity index (χ0v) is 17.4. The lowest BCUT2D eigenvalue weighted by atomic mass is 10.1. The van der Waals surface area contributed by atoms with Crippen molar-refractivity contribution in [1.82, 2.24) is 14.6 Å². The van der Waals surface area contributed by atoms with E-state index < -0.39 is 0 Å². The van der Waals surface area contributed by atoms with Crippen LogP contribution < -0.4 is 14.8 Å². The molecule has 2 aromatic carbocycles. The van der Waals surface area contributed by atoms with Gasteiger partial charge in [-0.05, 0) is 43.2 Å². The summed E-state index contributed by atoms with van der Waals surface area (Å²) < 4.78 is 13.5. The van der Waals surface area contributed by atoms with Crippen LogP contribution in [0.15, 0.2) is 57.7 Å². The van der Waals surface area contributed by atoms with Gasteiger partial charge in [-0.1, -0.05) is 48.6 Å². The quantitative estimate of drug-likeness (QED) is 0.428. The molecule has 0 atom stereocenters. The lowest BCUT2D eigenvalue weighted by Crippen LogP contribution is -2.23. The molecule has 3 heterocycles. The Labute approximate surface area is 176 Å². The summed E-state index contributed by atoms with van der Waals surface area (Å²) in [7, 11) is 0. The molecule has 6 nitrogen and oxygen atoms in total. The van der Waals surface area contributed by atoms with Crippen molar-refractivity contribution in [2.75, 3.05) is 6.61 Å². The van der Waals surface area contributed by atoms with Crippen LogP contribution in [0.4, 0.5) is 0 Å². The summed E-state index contributed by atoms with van der Waals surface area (Å²) in [5, 5.41) is 5.44. The van der Waals surface area contributed by atoms with Gasteiger partial charge in [0.1, 0.15) is 11.3 Å². The van der Waals surface area contributed by atoms with Crippen LogP contribution >= 0.6 is 11.3 Å². The molecule has 0 N–H and O–H groups in total. The van der Waals surface area contributed by atoms with Crippen LogP contribution in [0.5, 0.6) is 5.75 Å². The summed E-state index contributed by atoms with van der Waals surface area (Å²) >= 11 is 1.31. The molecule has 0 saturated carbocycles. The molecule has 30 heavy (non-hydrogen) atoms. The second-order valence-corrected chi connectivity index (χ2v) is 8.02. The summed E-state index contributed by atoms with van der Waals surface area (Å²) in [6, 6.07) is 15.5. The number of furan rings is 1. The molecule has 5 aromatic rings. The third-order valence-electron chi connectivity index (χ3n) is 4.88. The SMILES string of the molecule is CCCOc1ccc(C=c2sc3nc(-c4oc5ccccc5c4C)nn3c2=O)cc1. The molecule has 7 heteroatoms. The topological polar surface area (TPSA) is 69.6 Å². The van der Waals surface area contributed by atoms with Gasteiger partial charge in [0.15, 0.2) is 5.76 Å². The molecule has 0 aliphatic heterocycles. The molecule has 3 aromatic heterocycles.